The van der Waals surface area contributed by atoms with Crippen molar-refractivity contribution in [2.75, 3.05) is 40.3 Å². The van der Waals surface area contributed by atoms with Crippen molar-refractivity contribution in [1.82, 2.24) is 15.1 Å². The molecule has 96 valence electrons. The van der Waals surface area contributed by atoms with Gasteiger partial charge in [0.25, 0.3) is 0 Å². The minimum absolute atomic E-state index is 0.244. The molecule has 3 nitrogen and oxygen atoms in total. The van der Waals surface area contributed by atoms with Gasteiger partial charge in [0.1, 0.15) is 0 Å². The second-order valence-corrected chi connectivity index (χ2v) is 6.19. The summed E-state index contributed by atoms with van der Waals surface area (Å²) >= 11 is 0. The molecule has 1 saturated heterocycles. The number of piperidine rings is 1. The minimum atomic E-state index is 0.244. The molecule has 0 amide bonds. The molecule has 0 bridgehead atoms. The molecule has 3 heteroatoms. The summed E-state index contributed by atoms with van der Waals surface area (Å²) in [5, 5.41) is 3.55. The molecule has 0 aromatic heterocycles. The maximum absolute atomic E-state index is 3.55. The summed E-state index contributed by atoms with van der Waals surface area (Å²) in [6.07, 6.45) is 2.64. The Balaban J connectivity index is 2.17. The molecule has 1 N–H and O–H groups in total. The van der Waals surface area contributed by atoms with Crippen molar-refractivity contribution in [3.8, 4) is 0 Å². The average molecular weight is 227 g/mol. The topological polar surface area (TPSA) is 18.5 Å². The largest absolute Gasteiger partial charge is 0.311 e. The Morgan fingerprint density at radius 2 is 1.81 bits per heavy atom. The van der Waals surface area contributed by atoms with Crippen LogP contribution in [0.15, 0.2) is 0 Å². The normalized spacial score (nSPS) is 20.6. The van der Waals surface area contributed by atoms with Gasteiger partial charge < -0.3 is 15.1 Å². The summed E-state index contributed by atoms with van der Waals surface area (Å²) in [6, 6.07) is 0.790. The molecule has 0 unspecified atom stereocenters. The number of likely N-dealkylation sites (N-methyl/N-ethyl adjacent to an activating group) is 1. The third-order valence-corrected chi connectivity index (χ3v) is 3.43. The van der Waals surface area contributed by atoms with Crippen LogP contribution in [-0.2, 0) is 0 Å². The zero-order valence-corrected chi connectivity index (χ0v) is 11.7. The number of hydrogen-bond donors (Lipinski definition) is 1. The third-order valence-electron chi connectivity index (χ3n) is 3.43. The lowest BCUT2D eigenvalue weighted by molar-refractivity contribution is 0.143. The Morgan fingerprint density at radius 1 is 1.25 bits per heavy atom. The van der Waals surface area contributed by atoms with Crippen LogP contribution >= 0.6 is 0 Å². The predicted octanol–water partition coefficient (Wildman–Crippen LogP) is 1.40. The van der Waals surface area contributed by atoms with Gasteiger partial charge in [-0.2, -0.15) is 0 Å². The Labute approximate surface area is 101 Å². The fourth-order valence-electron chi connectivity index (χ4n) is 2.23. The summed E-state index contributed by atoms with van der Waals surface area (Å²) in [5.74, 6) is 0. The number of hydrogen-bond acceptors (Lipinski definition) is 3. The van der Waals surface area contributed by atoms with Crippen molar-refractivity contribution in [3.63, 3.8) is 0 Å². The lowest BCUT2D eigenvalue weighted by Gasteiger charge is -2.35. The molecule has 0 aromatic carbocycles. The van der Waals surface area contributed by atoms with Crippen LogP contribution in [0.3, 0.4) is 0 Å². The number of rotatable bonds is 4. The Bertz CT molecular complexity index is 190. The fraction of sp³-hybridized carbons (Fsp3) is 1.00. The van der Waals surface area contributed by atoms with Gasteiger partial charge in [-0.1, -0.05) is 0 Å². The fourth-order valence-corrected chi connectivity index (χ4v) is 2.23. The monoisotopic (exact) mass is 227 g/mol. The highest BCUT2D eigenvalue weighted by molar-refractivity contribution is 4.78. The van der Waals surface area contributed by atoms with Crippen molar-refractivity contribution in [2.24, 2.45) is 0 Å². The molecule has 0 spiro atoms. The molecular formula is C13H29N3. The third kappa shape index (κ3) is 5.28. The van der Waals surface area contributed by atoms with Crippen molar-refractivity contribution in [3.05, 3.63) is 0 Å². The Hall–Kier alpha value is -0.120. The smallest absolute Gasteiger partial charge is 0.0117 e. The highest BCUT2D eigenvalue weighted by atomic mass is 15.2. The van der Waals surface area contributed by atoms with Gasteiger partial charge in [-0.3, -0.25) is 0 Å². The molecule has 0 aliphatic carbocycles. The molecule has 0 saturated carbocycles. The van der Waals surface area contributed by atoms with E-state index in [1.165, 1.54) is 25.9 Å². The van der Waals surface area contributed by atoms with Crippen LogP contribution in [-0.4, -0.2) is 61.7 Å². The van der Waals surface area contributed by atoms with Gasteiger partial charge in [0, 0.05) is 24.7 Å². The van der Waals surface area contributed by atoms with E-state index in [0.717, 1.165) is 19.1 Å². The first-order valence-corrected chi connectivity index (χ1v) is 6.52. The van der Waals surface area contributed by atoms with E-state index in [0.29, 0.717) is 0 Å². The van der Waals surface area contributed by atoms with Gasteiger partial charge in [0.05, 0.1) is 0 Å². The maximum Gasteiger partial charge on any atom is 0.0117 e. The van der Waals surface area contributed by atoms with Gasteiger partial charge in [0.15, 0.2) is 0 Å². The van der Waals surface area contributed by atoms with E-state index in [-0.39, 0.29) is 5.54 Å². The van der Waals surface area contributed by atoms with Crippen LogP contribution in [0, 0.1) is 0 Å². The molecular weight excluding hydrogens is 198 g/mol. The summed E-state index contributed by atoms with van der Waals surface area (Å²) in [6.45, 7) is 11.4. The Kier molecular flexibility index (Phi) is 5.22. The second kappa shape index (κ2) is 5.99. The second-order valence-electron chi connectivity index (χ2n) is 6.19. The molecule has 1 rings (SSSR count). The molecule has 0 radical (unpaired) electrons. The molecule has 1 fully saturated rings. The highest BCUT2D eigenvalue weighted by Crippen LogP contribution is 2.13. The van der Waals surface area contributed by atoms with E-state index in [4.69, 9.17) is 0 Å². The quantitative estimate of drug-likeness (QED) is 0.783. The lowest BCUT2D eigenvalue weighted by Crippen LogP contribution is -2.46. The van der Waals surface area contributed by atoms with E-state index in [1.807, 2.05) is 0 Å². The van der Waals surface area contributed by atoms with Crippen molar-refractivity contribution < 1.29 is 0 Å². The molecule has 0 atom stereocenters. The van der Waals surface area contributed by atoms with E-state index < -0.39 is 0 Å². The number of nitrogens with one attached hydrogen (secondary N) is 1. The van der Waals surface area contributed by atoms with Crippen molar-refractivity contribution in [1.29, 1.82) is 0 Å². The van der Waals surface area contributed by atoms with Gasteiger partial charge in [-0.05, 0) is 60.8 Å². The van der Waals surface area contributed by atoms with Crippen LogP contribution in [0.25, 0.3) is 0 Å². The first-order chi connectivity index (χ1) is 7.38. The lowest BCUT2D eigenvalue weighted by atomic mass is 10.0. The van der Waals surface area contributed by atoms with Crippen LogP contribution in [0.4, 0.5) is 0 Å². The Morgan fingerprint density at radius 3 is 2.31 bits per heavy atom. The zero-order chi connectivity index (χ0) is 12.2. The summed E-state index contributed by atoms with van der Waals surface area (Å²) in [5.41, 5.74) is 0.244. The van der Waals surface area contributed by atoms with Crippen LogP contribution < -0.4 is 5.32 Å². The zero-order valence-electron chi connectivity index (χ0n) is 11.7. The SMILES string of the molecule is CN1CCC(N(C)CCNC(C)(C)C)CC1. The van der Waals surface area contributed by atoms with Crippen LogP contribution in [0.1, 0.15) is 33.6 Å². The standard InChI is InChI=1S/C13H29N3/c1-13(2,3)14-8-11-16(5)12-6-9-15(4)10-7-12/h12,14H,6-11H2,1-5H3. The van der Waals surface area contributed by atoms with E-state index >= 15 is 0 Å². The van der Waals surface area contributed by atoms with E-state index in [9.17, 15) is 0 Å². The predicted molar refractivity (Wildman–Crippen MR) is 70.9 cm³/mol. The number of likely N-dealkylation sites (tertiary alicyclic amines) is 1. The molecule has 1 aliphatic rings. The van der Waals surface area contributed by atoms with E-state index in [2.05, 4.69) is 50.0 Å². The van der Waals surface area contributed by atoms with Crippen molar-refractivity contribution in [2.45, 2.75) is 45.2 Å². The van der Waals surface area contributed by atoms with Crippen LogP contribution in [0.2, 0.25) is 0 Å². The number of nitrogens with zero attached hydrogens (tertiary/aromatic N) is 2. The highest BCUT2D eigenvalue weighted by Gasteiger charge is 2.20. The summed E-state index contributed by atoms with van der Waals surface area (Å²) in [4.78, 5) is 4.95. The summed E-state index contributed by atoms with van der Waals surface area (Å²) in [7, 11) is 4.48. The minimum Gasteiger partial charge on any atom is -0.311 e. The van der Waals surface area contributed by atoms with Crippen molar-refractivity contribution >= 4 is 0 Å². The van der Waals surface area contributed by atoms with Gasteiger partial charge in [0.2, 0.25) is 0 Å². The first kappa shape index (κ1) is 13.9. The summed E-state index contributed by atoms with van der Waals surface area (Å²) < 4.78 is 0. The molecule has 16 heavy (non-hydrogen) atoms. The first-order valence-electron chi connectivity index (χ1n) is 6.52. The van der Waals surface area contributed by atoms with E-state index in [1.54, 1.807) is 0 Å². The maximum atomic E-state index is 3.55. The van der Waals surface area contributed by atoms with Gasteiger partial charge in [-0.25, -0.2) is 0 Å². The molecule has 1 heterocycles. The average Bonchev–Trinajstić information content (AvgIpc) is 2.16. The molecule has 1 aliphatic heterocycles. The molecule has 0 aromatic rings. The van der Waals surface area contributed by atoms with Gasteiger partial charge in [-0.15, -0.1) is 0 Å². The van der Waals surface area contributed by atoms with Gasteiger partial charge >= 0.3 is 0 Å². The van der Waals surface area contributed by atoms with Crippen LogP contribution in [0.5, 0.6) is 0 Å².